The summed E-state index contributed by atoms with van der Waals surface area (Å²) in [6, 6.07) is 3.60. The van der Waals surface area contributed by atoms with Gasteiger partial charge in [0.15, 0.2) is 11.2 Å². The SMILES string of the molecule is Cc1cc(Cl)cc(C)c1O[C@@H](C)C(=O)NNC(=S)NCCN(C)C. The van der Waals surface area contributed by atoms with E-state index in [4.69, 9.17) is 28.6 Å². The van der Waals surface area contributed by atoms with Gasteiger partial charge in [-0.2, -0.15) is 0 Å². The van der Waals surface area contributed by atoms with E-state index in [0.717, 1.165) is 17.7 Å². The van der Waals surface area contributed by atoms with Gasteiger partial charge >= 0.3 is 0 Å². The van der Waals surface area contributed by atoms with E-state index in [1.807, 2.05) is 32.8 Å². The van der Waals surface area contributed by atoms with Gasteiger partial charge in [-0.1, -0.05) is 11.6 Å². The van der Waals surface area contributed by atoms with E-state index in [1.165, 1.54) is 0 Å². The lowest BCUT2D eigenvalue weighted by Crippen LogP contribution is -2.51. The molecule has 1 rings (SSSR count). The molecule has 24 heavy (non-hydrogen) atoms. The van der Waals surface area contributed by atoms with Crippen LogP contribution in [0.3, 0.4) is 0 Å². The molecule has 0 saturated heterocycles. The normalized spacial score (nSPS) is 11.8. The predicted octanol–water partition coefficient (Wildman–Crippen LogP) is 1.78. The van der Waals surface area contributed by atoms with E-state index >= 15 is 0 Å². The average molecular weight is 373 g/mol. The second kappa shape index (κ2) is 9.66. The van der Waals surface area contributed by atoms with Crippen molar-refractivity contribution < 1.29 is 9.53 Å². The third-order valence-electron chi connectivity index (χ3n) is 3.23. The lowest BCUT2D eigenvalue weighted by Gasteiger charge is -2.19. The Bertz CT molecular complexity index is 572. The number of ether oxygens (including phenoxy) is 1. The van der Waals surface area contributed by atoms with Gasteiger partial charge in [0.05, 0.1) is 0 Å². The molecule has 8 heteroatoms. The minimum atomic E-state index is -0.680. The molecule has 1 atom stereocenters. The summed E-state index contributed by atoms with van der Waals surface area (Å²) in [5.74, 6) is 0.342. The quantitative estimate of drug-likeness (QED) is 0.522. The van der Waals surface area contributed by atoms with Crippen LogP contribution in [0.2, 0.25) is 5.02 Å². The summed E-state index contributed by atoms with van der Waals surface area (Å²) in [5.41, 5.74) is 6.96. The molecular formula is C16H25ClN4O2S. The van der Waals surface area contributed by atoms with Crippen molar-refractivity contribution in [3.63, 3.8) is 0 Å². The lowest BCUT2D eigenvalue weighted by atomic mass is 10.1. The maximum Gasteiger partial charge on any atom is 0.279 e. The summed E-state index contributed by atoms with van der Waals surface area (Å²) in [7, 11) is 3.94. The maximum atomic E-state index is 12.1. The highest BCUT2D eigenvalue weighted by Crippen LogP contribution is 2.27. The molecule has 0 heterocycles. The minimum Gasteiger partial charge on any atom is -0.480 e. The first-order chi connectivity index (χ1) is 11.2. The Morgan fingerprint density at radius 3 is 2.42 bits per heavy atom. The highest BCUT2D eigenvalue weighted by atomic mass is 35.5. The summed E-state index contributed by atoms with van der Waals surface area (Å²) < 4.78 is 5.76. The van der Waals surface area contributed by atoms with Crippen molar-refractivity contribution in [1.82, 2.24) is 21.1 Å². The van der Waals surface area contributed by atoms with E-state index < -0.39 is 6.10 Å². The standard InChI is InChI=1S/C16H25ClN4O2S/c1-10-8-13(17)9-11(2)14(10)23-12(3)15(22)19-20-16(24)18-6-7-21(4)5/h8-9,12H,6-7H2,1-5H3,(H,19,22)(H2,18,20,24)/t12-/m0/s1. The van der Waals surface area contributed by atoms with Crippen LogP contribution in [0.25, 0.3) is 0 Å². The molecule has 1 aromatic rings. The van der Waals surface area contributed by atoms with Gasteiger partial charge in [-0.3, -0.25) is 15.6 Å². The average Bonchev–Trinajstić information content (AvgIpc) is 2.47. The molecule has 0 aliphatic heterocycles. The molecule has 1 aromatic carbocycles. The number of hydrazine groups is 1. The third kappa shape index (κ3) is 6.90. The molecular weight excluding hydrogens is 348 g/mol. The number of hydrogen-bond donors (Lipinski definition) is 3. The second-order valence-electron chi connectivity index (χ2n) is 5.80. The van der Waals surface area contributed by atoms with Gasteiger partial charge in [0.25, 0.3) is 5.91 Å². The smallest absolute Gasteiger partial charge is 0.279 e. The van der Waals surface area contributed by atoms with Crippen LogP contribution < -0.4 is 20.9 Å². The Morgan fingerprint density at radius 2 is 1.88 bits per heavy atom. The van der Waals surface area contributed by atoms with E-state index in [9.17, 15) is 4.79 Å². The molecule has 0 aliphatic rings. The van der Waals surface area contributed by atoms with Gasteiger partial charge in [-0.05, 0) is 70.3 Å². The van der Waals surface area contributed by atoms with Crippen molar-refractivity contribution in [3.05, 3.63) is 28.3 Å². The Kier molecular flexibility index (Phi) is 8.24. The van der Waals surface area contributed by atoms with Gasteiger partial charge in [0.1, 0.15) is 5.75 Å². The lowest BCUT2D eigenvalue weighted by molar-refractivity contribution is -0.127. The van der Waals surface area contributed by atoms with E-state index in [-0.39, 0.29) is 5.91 Å². The van der Waals surface area contributed by atoms with Gasteiger partial charge < -0.3 is 15.0 Å². The number of amides is 1. The van der Waals surface area contributed by atoms with E-state index in [2.05, 4.69) is 16.2 Å². The Hall–Kier alpha value is -1.57. The van der Waals surface area contributed by atoms with Crippen LogP contribution in [-0.2, 0) is 4.79 Å². The summed E-state index contributed by atoms with van der Waals surface area (Å²) in [4.78, 5) is 14.1. The van der Waals surface area contributed by atoms with Gasteiger partial charge in [-0.25, -0.2) is 0 Å². The zero-order chi connectivity index (χ0) is 18.3. The van der Waals surface area contributed by atoms with E-state index in [1.54, 1.807) is 19.1 Å². The minimum absolute atomic E-state index is 0.319. The topological polar surface area (TPSA) is 65.6 Å². The molecule has 1 amide bonds. The number of nitrogens with one attached hydrogen (secondary N) is 3. The first kappa shape index (κ1) is 20.5. The highest BCUT2D eigenvalue weighted by Gasteiger charge is 2.17. The number of aryl methyl sites for hydroxylation is 2. The first-order valence-electron chi connectivity index (χ1n) is 7.62. The monoisotopic (exact) mass is 372 g/mol. The highest BCUT2D eigenvalue weighted by molar-refractivity contribution is 7.80. The molecule has 0 saturated carbocycles. The Balaban J connectivity index is 2.47. The van der Waals surface area contributed by atoms with Gasteiger partial charge in [-0.15, -0.1) is 0 Å². The van der Waals surface area contributed by atoms with Gasteiger partial charge in [0, 0.05) is 18.1 Å². The fourth-order valence-electron chi connectivity index (χ4n) is 1.97. The summed E-state index contributed by atoms with van der Waals surface area (Å²) in [6.45, 7) is 6.98. The second-order valence-corrected chi connectivity index (χ2v) is 6.65. The number of benzene rings is 1. The van der Waals surface area contributed by atoms with Crippen molar-refractivity contribution in [2.75, 3.05) is 27.2 Å². The number of thiocarbonyl (C=S) groups is 1. The Labute approximate surface area is 153 Å². The number of carbonyl (C=O) groups is 1. The van der Waals surface area contributed by atoms with Crippen LogP contribution in [0.1, 0.15) is 18.1 Å². The predicted molar refractivity (Wildman–Crippen MR) is 101 cm³/mol. The number of hydrogen-bond acceptors (Lipinski definition) is 4. The summed E-state index contributed by atoms with van der Waals surface area (Å²) in [5, 5.41) is 3.99. The fourth-order valence-corrected chi connectivity index (χ4v) is 2.45. The van der Waals surface area contributed by atoms with Crippen LogP contribution in [0.5, 0.6) is 5.75 Å². The first-order valence-corrected chi connectivity index (χ1v) is 8.41. The molecule has 0 radical (unpaired) electrons. The number of halogens is 1. The fraction of sp³-hybridized carbons (Fsp3) is 0.500. The largest absolute Gasteiger partial charge is 0.480 e. The molecule has 3 N–H and O–H groups in total. The van der Waals surface area contributed by atoms with Gasteiger partial charge in [0.2, 0.25) is 0 Å². The van der Waals surface area contributed by atoms with Crippen molar-refractivity contribution in [2.24, 2.45) is 0 Å². The van der Waals surface area contributed by atoms with E-state index in [0.29, 0.717) is 22.4 Å². The number of likely N-dealkylation sites (N-methyl/N-ethyl adjacent to an activating group) is 1. The number of carbonyl (C=O) groups excluding carboxylic acids is 1. The van der Waals surface area contributed by atoms with Crippen LogP contribution in [0.15, 0.2) is 12.1 Å². The zero-order valence-electron chi connectivity index (χ0n) is 14.7. The zero-order valence-corrected chi connectivity index (χ0v) is 16.3. The Morgan fingerprint density at radius 1 is 1.29 bits per heavy atom. The maximum absolute atomic E-state index is 12.1. The molecule has 0 aromatic heterocycles. The molecule has 6 nitrogen and oxygen atoms in total. The van der Waals surface area contributed by atoms with Crippen molar-refractivity contribution in [1.29, 1.82) is 0 Å². The molecule has 0 fully saturated rings. The molecule has 134 valence electrons. The van der Waals surface area contributed by atoms with Crippen molar-refractivity contribution >= 4 is 34.8 Å². The van der Waals surface area contributed by atoms with Crippen LogP contribution >= 0.6 is 23.8 Å². The summed E-state index contributed by atoms with van der Waals surface area (Å²) >= 11 is 11.1. The number of nitrogens with zero attached hydrogens (tertiary/aromatic N) is 1. The van der Waals surface area contributed by atoms with Crippen LogP contribution in [0, 0.1) is 13.8 Å². The summed E-state index contributed by atoms with van der Waals surface area (Å²) in [6.07, 6.45) is -0.680. The molecule has 0 spiro atoms. The third-order valence-corrected chi connectivity index (χ3v) is 3.70. The van der Waals surface area contributed by atoms with Crippen molar-refractivity contribution in [3.8, 4) is 5.75 Å². The van der Waals surface area contributed by atoms with Crippen LogP contribution in [-0.4, -0.2) is 49.2 Å². The number of rotatable bonds is 6. The van der Waals surface area contributed by atoms with Crippen LogP contribution in [0.4, 0.5) is 0 Å². The molecule has 0 bridgehead atoms. The van der Waals surface area contributed by atoms with Crippen molar-refractivity contribution in [2.45, 2.75) is 26.9 Å². The molecule has 0 aliphatic carbocycles. The molecule has 0 unspecified atom stereocenters.